The van der Waals surface area contributed by atoms with Crippen molar-refractivity contribution in [3.8, 4) is 0 Å². The zero-order valence-electron chi connectivity index (χ0n) is 24.5. The molecule has 2 aliphatic heterocycles. The summed E-state index contributed by atoms with van der Waals surface area (Å²) in [4.78, 5) is 14.2. The fourth-order valence-corrected chi connectivity index (χ4v) is 5.94. The molecule has 2 nitrogen and oxygen atoms in total. The first-order valence-corrected chi connectivity index (χ1v) is 13.3. The summed E-state index contributed by atoms with van der Waals surface area (Å²) in [7, 11) is 0. The van der Waals surface area contributed by atoms with Crippen LogP contribution in [0.25, 0.3) is 0 Å². The Labute approximate surface area is 224 Å². The molecule has 0 aliphatic carbocycles. The van der Waals surface area contributed by atoms with E-state index in [1.54, 1.807) is 0 Å². The van der Waals surface area contributed by atoms with Crippen LogP contribution in [0.15, 0.2) is 61.7 Å². The molecular weight excluding hydrogens is 450 g/mol. The van der Waals surface area contributed by atoms with Crippen LogP contribution in [-0.2, 0) is 21.7 Å². The van der Waals surface area contributed by atoms with Crippen molar-refractivity contribution in [2.75, 3.05) is 4.90 Å². The molecule has 3 aromatic rings. The van der Waals surface area contributed by atoms with Gasteiger partial charge in [0.1, 0.15) is 6.29 Å². The van der Waals surface area contributed by atoms with Crippen molar-refractivity contribution >= 4 is 23.3 Å². The summed E-state index contributed by atoms with van der Waals surface area (Å²) in [5, 5.41) is 0. The summed E-state index contributed by atoms with van der Waals surface area (Å²) in [5.41, 5.74) is 12.2. The molecule has 37 heavy (non-hydrogen) atoms. The molecule has 0 unspecified atom stereocenters. The Hall–Kier alpha value is -3.13. The van der Waals surface area contributed by atoms with E-state index in [1.807, 2.05) is 6.07 Å². The second-order valence-electron chi connectivity index (χ2n) is 13.6. The number of aldehydes is 1. The number of fused-ring (bicyclic) bond motifs is 4. The molecular formula is C35H43NO. The first-order chi connectivity index (χ1) is 17.1. The maximum absolute atomic E-state index is 11.8. The monoisotopic (exact) mass is 493 g/mol. The van der Waals surface area contributed by atoms with Gasteiger partial charge in [0.05, 0.1) is 17.1 Å². The van der Waals surface area contributed by atoms with Gasteiger partial charge in [-0.15, -0.1) is 13.2 Å². The highest BCUT2D eigenvalue weighted by atomic mass is 16.1. The van der Waals surface area contributed by atoms with Crippen LogP contribution >= 0.6 is 0 Å². The smallest absolute Gasteiger partial charge is 0.150 e. The Balaban J connectivity index is 0.00000156. The molecule has 0 fully saturated rings. The van der Waals surface area contributed by atoms with Crippen LogP contribution in [0.5, 0.6) is 0 Å². The molecule has 5 rings (SSSR count). The van der Waals surface area contributed by atoms with Crippen molar-refractivity contribution in [3.63, 3.8) is 0 Å². The van der Waals surface area contributed by atoms with Gasteiger partial charge >= 0.3 is 0 Å². The van der Waals surface area contributed by atoms with Gasteiger partial charge in [0.25, 0.3) is 0 Å². The van der Waals surface area contributed by atoms with E-state index in [0.717, 1.165) is 11.8 Å². The van der Waals surface area contributed by atoms with E-state index in [2.05, 4.69) is 130 Å². The van der Waals surface area contributed by atoms with Gasteiger partial charge in [0, 0.05) is 16.4 Å². The third-order valence-corrected chi connectivity index (χ3v) is 8.39. The second-order valence-corrected chi connectivity index (χ2v) is 13.6. The average molecular weight is 494 g/mol. The molecule has 194 valence electrons. The minimum Gasteiger partial charge on any atom is -0.309 e. The van der Waals surface area contributed by atoms with Crippen molar-refractivity contribution in [2.24, 2.45) is 0 Å². The van der Waals surface area contributed by atoms with Gasteiger partial charge in [-0.2, -0.15) is 0 Å². The lowest BCUT2D eigenvalue weighted by molar-refractivity contribution is 0.112. The Morgan fingerprint density at radius 3 is 1.54 bits per heavy atom. The Morgan fingerprint density at radius 1 is 0.649 bits per heavy atom. The van der Waals surface area contributed by atoms with Crippen LogP contribution < -0.4 is 4.90 Å². The fourth-order valence-electron chi connectivity index (χ4n) is 5.94. The maximum Gasteiger partial charge on any atom is 0.150 e. The van der Waals surface area contributed by atoms with E-state index in [0.29, 0.717) is 0 Å². The Morgan fingerprint density at radius 2 is 1.08 bits per heavy atom. The second kappa shape index (κ2) is 8.45. The number of hydrogen-bond donors (Lipinski definition) is 0. The third kappa shape index (κ3) is 3.97. The lowest BCUT2D eigenvalue weighted by Crippen LogP contribution is -2.39. The van der Waals surface area contributed by atoms with Crippen molar-refractivity contribution in [1.82, 2.24) is 0 Å². The number of anilines is 3. The van der Waals surface area contributed by atoms with Gasteiger partial charge in [0.15, 0.2) is 0 Å². The van der Waals surface area contributed by atoms with E-state index in [4.69, 9.17) is 0 Å². The van der Waals surface area contributed by atoms with Gasteiger partial charge in [-0.3, -0.25) is 4.79 Å². The first-order valence-electron chi connectivity index (χ1n) is 13.3. The molecule has 0 atom stereocenters. The summed E-state index contributed by atoms with van der Waals surface area (Å²) in [6.45, 7) is 29.1. The quantitative estimate of drug-likeness (QED) is 0.248. The van der Waals surface area contributed by atoms with Gasteiger partial charge in [-0.05, 0) is 68.5 Å². The number of carbonyl (C=O) groups excluding carboxylic acids is 1. The SMILES string of the molecule is C=C.CC(C)(C)c1ccc2c(c1)C(C)(C)c1cc(C(C)(C)C)cc3c1N2c1ccc(C=O)cc1C3(C)C. The highest BCUT2D eigenvalue weighted by Crippen LogP contribution is 2.61. The van der Waals surface area contributed by atoms with Gasteiger partial charge < -0.3 is 4.90 Å². The molecule has 0 amide bonds. The largest absolute Gasteiger partial charge is 0.309 e. The third-order valence-electron chi connectivity index (χ3n) is 8.39. The fraction of sp³-hybridized carbons (Fsp3) is 0.400. The van der Waals surface area contributed by atoms with Crippen LogP contribution in [0.1, 0.15) is 113 Å². The highest BCUT2D eigenvalue weighted by molar-refractivity contribution is 5.94. The van der Waals surface area contributed by atoms with Gasteiger partial charge in [-0.25, -0.2) is 0 Å². The van der Waals surface area contributed by atoms with E-state index >= 15 is 0 Å². The normalized spacial score (nSPS) is 16.5. The average Bonchev–Trinajstić information content (AvgIpc) is 2.83. The molecule has 0 N–H and O–H groups in total. The van der Waals surface area contributed by atoms with Crippen molar-refractivity contribution < 1.29 is 4.79 Å². The summed E-state index contributed by atoms with van der Waals surface area (Å²) >= 11 is 0. The topological polar surface area (TPSA) is 20.3 Å². The first kappa shape index (κ1) is 26.9. The predicted octanol–water partition coefficient (Wildman–Crippen LogP) is 9.64. The van der Waals surface area contributed by atoms with Gasteiger partial charge in [-0.1, -0.05) is 93.5 Å². The molecule has 0 bridgehead atoms. The van der Waals surface area contributed by atoms with Crippen LogP contribution in [0.4, 0.5) is 17.1 Å². The minimum absolute atomic E-state index is 0.0287. The number of benzene rings is 3. The zero-order valence-corrected chi connectivity index (χ0v) is 24.5. The van der Waals surface area contributed by atoms with Crippen LogP contribution in [0, 0.1) is 0 Å². The number of carbonyl (C=O) groups is 1. The number of rotatable bonds is 1. The predicted molar refractivity (Wildman–Crippen MR) is 159 cm³/mol. The van der Waals surface area contributed by atoms with Crippen molar-refractivity contribution in [3.05, 3.63) is 101 Å². The molecule has 0 spiro atoms. The Bertz CT molecular complexity index is 1390. The van der Waals surface area contributed by atoms with E-state index in [9.17, 15) is 4.79 Å². The number of hydrogen-bond acceptors (Lipinski definition) is 2. The van der Waals surface area contributed by atoms with Gasteiger partial charge in [0.2, 0.25) is 0 Å². The highest BCUT2D eigenvalue weighted by Gasteiger charge is 2.46. The Kier molecular flexibility index (Phi) is 6.15. The summed E-state index contributed by atoms with van der Waals surface area (Å²) in [6.07, 6.45) is 0.964. The number of nitrogens with zero attached hydrogens (tertiary/aromatic N) is 1. The van der Waals surface area contributed by atoms with Crippen molar-refractivity contribution in [1.29, 1.82) is 0 Å². The van der Waals surface area contributed by atoms with E-state index in [1.165, 1.54) is 50.4 Å². The van der Waals surface area contributed by atoms with E-state index in [-0.39, 0.29) is 21.7 Å². The molecule has 0 radical (unpaired) electrons. The zero-order chi connectivity index (χ0) is 27.7. The van der Waals surface area contributed by atoms with E-state index < -0.39 is 0 Å². The summed E-state index contributed by atoms with van der Waals surface area (Å²) in [6, 6.07) is 18.1. The standard InChI is InChI=1S/C33H39NO.C2H4/c1-30(2,3)21-12-14-28-24(16-21)33(9,10)26-18-22(31(4,5)6)17-25-29(26)34(28)27-13-11-20(19-35)15-23(27)32(25,7)8;1-2/h11-19H,1-10H3;1-2H2. The molecule has 2 heteroatoms. The molecule has 3 aromatic carbocycles. The van der Waals surface area contributed by atoms with Crippen LogP contribution in [0.3, 0.4) is 0 Å². The molecule has 0 saturated heterocycles. The maximum atomic E-state index is 11.8. The summed E-state index contributed by atoms with van der Waals surface area (Å²) in [5.74, 6) is 0. The molecule has 2 aliphatic rings. The molecule has 0 aromatic heterocycles. The van der Waals surface area contributed by atoms with Crippen LogP contribution in [0.2, 0.25) is 0 Å². The minimum atomic E-state index is -0.227. The lowest BCUT2D eigenvalue weighted by atomic mass is 9.64. The molecule has 0 saturated carbocycles. The van der Waals surface area contributed by atoms with Crippen LogP contribution in [-0.4, -0.2) is 6.29 Å². The van der Waals surface area contributed by atoms with Crippen molar-refractivity contribution in [2.45, 2.75) is 90.9 Å². The summed E-state index contributed by atoms with van der Waals surface area (Å²) < 4.78 is 0. The lowest BCUT2D eigenvalue weighted by Gasteiger charge is -2.50. The molecule has 2 heterocycles.